The standard InChI is InChI=1S/C27H24F2O3/c1-2-3-4-5-16-31-25-12-8-20(9-13-25)6-7-21-10-14-26(15-11-21)32-27(30)22-17-23(28)19-24(29)18-22/h8-15,17-19H,2-5,16H2,1H3. The van der Waals surface area contributed by atoms with E-state index in [1.54, 1.807) is 24.3 Å². The first-order valence-corrected chi connectivity index (χ1v) is 10.6. The third kappa shape index (κ3) is 7.24. The summed E-state index contributed by atoms with van der Waals surface area (Å²) in [6.07, 6.45) is 4.67. The molecule has 3 nitrogen and oxygen atoms in total. The van der Waals surface area contributed by atoms with Crippen LogP contribution in [0.15, 0.2) is 66.7 Å². The van der Waals surface area contributed by atoms with Crippen LogP contribution in [0.3, 0.4) is 0 Å². The molecule has 0 saturated carbocycles. The van der Waals surface area contributed by atoms with Crippen molar-refractivity contribution in [2.75, 3.05) is 6.61 Å². The highest BCUT2D eigenvalue weighted by Gasteiger charge is 2.11. The van der Waals surface area contributed by atoms with Gasteiger partial charge in [-0.1, -0.05) is 38.0 Å². The highest BCUT2D eigenvalue weighted by atomic mass is 19.1. The van der Waals surface area contributed by atoms with Crippen molar-refractivity contribution in [3.63, 3.8) is 0 Å². The van der Waals surface area contributed by atoms with Crippen LogP contribution in [0.4, 0.5) is 8.78 Å². The van der Waals surface area contributed by atoms with Gasteiger partial charge in [-0.2, -0.15) is 0 Å². The summed E-state index contributed by atoms with van der Waals surface area (Å²) in [6.45, 7) is 2.90. The number of carbonyl (C=O) groups is 1. The molecule has 0 N–H and O–H groups in total. The van der Waals surface area contributed by atoms with Gasteiger partial charge in [-0.15, -0.1) is 0 Å². The first-order chi connectivity index (χ1) is 15.5. The summed E-state index contributed by atoms with van der Waals surface area (Å²) < 4.78 is 37.4. The summed E-state index contributed by atoms with van der Waals surface area (Å²) in [7, 11) is 0. The smallest absolute Gasteiger partial charge is 0.343 e. The van der Waals surface area contributed by atoms with Crippen molar-refractivity contribution in [1.82, 2.24) is 0 Å². The Kier molecular flexibility index (Phi) is 8.39. The SMILES string of the molecule is CCCCCCOc1ccc(C#Cc2ccc(OC(=O)c3cc(F)cc(F)c3)cc2)cc1. The Bertz CT molecular complexity index is 1070. The van der Waals surface area contributed by atoms with Crippen LogP contribution in [0, 0.1) is 23.5 Å². The van der Waals surface area contributed by atoms with Crippen molar-refractivity contribution in [2.24, 2.45) is 0 Å². The molecule has 0 atom stereocenters. The summed E-state index contributed by atoms with van der Waals surface area (Å²) in [5.41, 5.74) is 1.39. The van der Waals surface area contributed by atoms with Gasteiger partial charge in [-0.25, -0.2) is 13.6 Å². The minimum absolute atomic E-state index is 0.195. The summed E-state index contributed by atoms with van der Waals surface area (Å²) in [4.78, 5) is 12.1. The molecule has 0 amide bonds. The van der Waals surface area contributed by atoms with Gasteiger partial charge in [0.15, 0.2) is 0 Å². The maximum absolute atomic E-state index is 13.3. The molecule has 0 saturated heterocycles. The van der Waals surface area contributed by atoms with Gasteiger partial charge in [0.05, 0.1) is 12.2 Å². The van der Waals surface area contributed by atoms with Crippen molar-refractivity contribution in [1.29, 1.82) is 0 Å². The van der Waals surface area contributed by atoms with E-state index in [-0.39, 0.29) is 11.3 Å². The highest BCUT2D eigenvalue weighted by Crippen LogP contribution is 2.16. The number of benzene rings is 3. The molecule has 3 rings (SSSR count). The first kappa shape index (κ1) is 23.0. The number of halogens is 2. The van der Waals surface area contributed by atoms with Gasteiger partial charge >= 0.3 is 5.97 Å². The molecule has 0 spiro atoms. The minimum Gasteiger partial charge on any atom is -0.494 e. The van der Waals surface area contributed by atoms with Crippen LogP contribution in [0.25, 0.3) is 0 Å². The Labute approximate surface area is 187 Å². The van der Waals surface area contributed by atoms with Crippen molar-refractivity contribution >= 4 is 5.97 Å². The molecule has 0 aliphatic rings. The Morgan fingerprint density at radius 1 is 0.781 bits per heavy atom. The van der Waals surface area contributed by atoms with Crippen LogP contribution in [0.2, 0.25) is 0 Å². The Balaban J connectivity index is 1.54. The number of rotatable bonds is 8. The molecule has 0 heterocycles. The van der Waals surface area contributed by atoms with Gasteiger partial charge < -0.3 is 9.47 Å². The molecule has 0 bridgehead atoms. The molecule has 0 aliphatic carbocycles. The normalized spacial score (nSPS) is 10.2. The van der Waals surface area contributed by atoms with E-state index in [4.69, 9.17) is 9.47 Å². The fraction of sp³-hybridized carbons (Fsp3) is 0.222. The van der Waals surface area contributed by atoms with E-state index in [0.717, 1.165) is 42.0 Å². The number of unbranched alkanes of at least 4 members (excludes halogenated alkanes) is 3. The summed E-state index contributed by atoms with van der Waals surface area (Å²) in [6, 6.07) is 16.7. The maximum Gasteiger partial charge on any atom is 0.343 e. The lowest BCUT2D eigenvalue weighted by Crippen LogP contribution is -2.09. The summed E-state index contributed by atoms with van der Waals surface area (Å²) in [5.74, 6) is 4.69. The molecule has 0 aliphatic heterocycles. The lowest BCUT2D eigenvalue weighted by molar-refractivity contribution is 0.0733. The number of esters is 1. The monoisotopic (exact) mass is 434 g/mol. The number of hydrogen-bond acceptors (Lipinski definition) is 3. The molecule has 0 fully saturated rings. The first-order valence-electron chi connectivity index (χ1n) is 10.6. The van der Waals surface area contributed by atoms with Crippen LogP contribution >= 0.6 is 0 Å². The van der Waals surface area contributed by atoms with E-state index in [0.29, 0.717) is 6.07 Å². The highest BCUT2D eigenvalue weighted by molar-refractivity contribution is 5.91. The summed E-state index contributed by atoms with van der Waals surface area (Å²) in [5, 5.41) is 0. The lowest BCUT2D eigenvalue weighted by Gasteiger charge is -2.05. The molecular formula is C27H24F2O3. The van der Waals surface area contributed by atoms with Gasteiger partial charge in [-0.3, -0.25) is 0 Å². The summed E-state index contributed by atoms with van der Waals surface area (Å²) >= 11 is 0. The van der Waals surface area contributed by atoms with Crippen molar-refractivity contribution < 1.29 is 23.0 Å². The third-order valence-corrected chi connectivity index (χ3v) is 4.64. The van der Waals surface area contributed by atoms with E-state index in [1.165, 1.54) is 19.3 Å². The number of ether oxygens (including phenoxy) is 2. The predicted molar refractivity (Wildman–Crippen MR) is 120 cm³/mol. The van der Waals surface area contributed by atoms with Crippen LogP contribution in [0.5, 0.6) is 11.5 Å². The molecule has 164 valence electrons. The maximum atomic E-state index is 13.3. The van der Waals surface area contributed by atoms with Crippen molar-refractivity contribution in [3.05, 3.63) is 95.1 Å². The lowest BCUT2D eigenvalue weighted by atomic mass is 10.1. The molecular weight excluding hydrogens is 410 g/mol. The molecule has 0 radical (unpaired) electrons. The van der Waals surface area contributed by atoms with Gasteiger partial charge in [-0.05, 0) is 67.1 Å². The van der Waals surface area contributed by atoms with Crippen molar-refractivity contribution in [2.45, 2.75) is 32.6 Å². The van der Waals surface area contributed by atoms with E-state index in [1.807, 2.05) is 24.3 Å². The minimum atomic E-state index is -0.839. The second kappa shape index (κ2) is 11.7. The largest absolute Gasteiger partial charge is 0.494 e. The zero-order valence-electron chi connectivity index (χ0n) is 17.9. The van der Waals surface area contributed by atoms with Crippen LogP contribution in [0.1, 0.15) is 54.1 Å². The van der Waals surface area contributed by atoms with Gasteiger partial charge in [0, 0.05) is 17.2 Å². The van der Waals surface area contributed by atoms with Gasteiger partial charge in [0.2, 0.25) is 0 Å². The predicted octanol–water partition coefficient (Wildman–Crippen LogP) is 6.54. The topological polar surface area (TPSA) is 35.5 Å². The molecule has 3 aromatic carbocycles. The zero-order valence-corrected chi connectivity index (χ0v) is 17.9. The Hall–Kier alpha value is -3.65. The number of hydrogen-bond donors (Lipinski definition) is 0. The van der Waals surface area contributed by atoms with Gasteiger partial charge in [0.25, 0.3) is 0 Å². The third-order valence-electron chi connectivity index (χ3n) is 4.64. The van der Waals surface area contributed by atoms with Crippen LogP contribution < -0.4 is 9.47 Å². The quantitative estimate of drug-likeness (QED) is 0.175. The second-order valence-electron chi connectivity index (χ2n) is 7.26. The molecule has 32 heavy (non-hydrogen) atoms. The van der Waals surface area contributed by atoms with Gasteiger partial charge in [0.1, 0.15) is 23.1 Å². The van der Waals surface area contributed by atoms with E-state index < -0.39 is 17.6 Å². The van der Waals surface area contributed by atoms with Crippen LogP contribution in [-0.4, -0.2) is 12.6 Å². The van der Waals surface area contributed by atoms with Crippen LogP contribution in [-0.2, 0) is 0 Å². The second-order valence-corrected chi connectivity index (χ2v) is 7.26. The molecule has 0 aromatic heterocycles. The zero-order chi connectivity index (χ0) is 22.8. The Morgan fingerprint density at radius 2 is 1.34 bits per heavy atom. The molecule has 0 unspecified atom stereocenters. The molecule has 5 heteroatoms. The average Bonchev–Trinajstić information content (AvgIpc) is 2.78. The van der Waals surface area contributed by atoms with Crippen molar-refractivity contribution in [3.8, 4) is 23.3 Å². The fourth-order valence-electron chi connectivity index (χ4n) is 2.94. The van der Waals surface area contributed by atoms with E-state index in [9.17, 15) is 13.6 Å². The van der Waals surface area contributed by atoms with E-state index in [2.05, 4.69) is 18.8 Å². The average molecular weight is 434 g/mol. The fourth-order valence-corrected chi connectivity index (χ4v) is 2.94. The Morgan fingerprint density at radius 3 is 1.91 bits per heavy atom. The van der Waals surface area contributed by atoms with E-state index >= 15 is 0 Å². The number of carbonyl (C=O) groups excluding carboxylic acids is 1. The molecule has 3 aromatic rings.